The van der Waals surface area contributed by atoms with Crippen LogP contribution in [0.25, 0.3) is 10.9 Å². The van der Waals surface area contributed by atoms with Gasteiger partial charge in [0.15, 0.2) is 0 Å². The van der Waals surface area contributed by atoms with E-state index in [1.807, 2.05) is 18.2 Å². The number of nitrogens with two attached hydrogens (primary N) is 1. The predicted octanol–water partition coefficient (Wildman–Crippen LogP) is 2.37. The molecule has 1 unspecified atom stereocenters. The number of benzene rings is 1. The summed E-state index contributed by atoms with van der Waals surface area (Å²) in [5, 5.41) is 1.22. The van der Waals surface area contributed by atoms with Crippen LogP contribution in [-0.2, 0) is 0 Å². The van der Waals surface area contributed by atoms with Crippen molar-refractivity contribution >= 4 is 16.6 Å². The highest BCUT2D eigenvalue weighted by molar-refractivity contribution is 5.86. The quantitative estimate of drug-likeness (QED) is 0.736. The molecule has 0 aliphatic rings. The Hall–Kier alpha value is -1.48. The maximum Gasteiger partial charge on any atom is 0.0458 e. The molecule has 1 aromatic carbocycles. The molecule has 0 fully saturated rings. The van der Waals surface area contributed by atoms with E-state index in [0.29, 0.717) is 6.04 Å². The maximum absolute atomic E-state index is 5.80. The fourth-order valence-corrected chi connectivity index (χ4v) is 1.78. The number of anilines is 1. The van der Waals surface area contributed by atoms with Gasteiger partial charge in [0.1, 0.15) is 0 Å². The molecule has 15 heavy (non-hydrogen) atoms. The number of nitrogens with one attached hydrogen (secondary N) is 1. The molecule has 0 aliphatic heterocycles. The van der Waals surface area contributed by atoms with Crippen LogP contribution in [0.15, 0.2) is 24.4 Å². The Bertz CT molecular complexity index is 471. The second-order valence-electron chi connectivity index (χ2n) is 4.19. The summed E-state index contributed by atoms with van der Waals surface area (Å²) in [6.45, 7) is 2.19. The highest BCUT2D eigenvalue weighted by Gasteiger charge is 2.12. The lowest BCUT2D eigenvalue weighted by atomic mass is 10.1. The summed E-state index contributed by atoms with van der Waals surface area (Å²) in [6.07, 6.45) is 2.06. The van der Waals surface area contributed by atoms with Crippen molar-refractivity contribution in [2.75, 3.05) is 19.8 Å². The molecule has 3 nitrogen and oxygen atoms in total. The van der Waals surface area contributed by atoms with Gasteiger partial charge in [-0.1, -0.05) is 0 Å². The highest BCUT2D eigenvalue weighted by atomic mass is 15.1. The largest absolute Gasteiger partial charge is 0.399 e. The van der Waals surface area contributed by atoms with Crippen LogP contribution in [0.1, 0.15) is 18.5 Å². The summed E-state index contributed by atoms with van der Waals surface area (Å²) >= 11 is 0. The molecule has 1 atom stereocenters. The molecule has 0 amide bonds. The lowest BCUT2D eigenvalue weighted by Gasteiger charge is -2.19. The van der Waals surface area contributed by atoms with Gasteiger partial charge in [-0.05, 0) is 44.8 Å². The first-order valence-electron chi connectivity index (χ1n) is 5.12. The Balaban J connectivity index is 2.56. The fourth-order valence-electron chi connectivity index (χ4n) is 1.78. The molecular formula is C12H17N3. The van der Waals surface area contributed by atoms with Gasteiger partial charge in [-0.2, -0.15) is 0 Å². The standard InChI is InChI=1S/C12H17N3/c1-8(15(2)3)11-7-14-12-5-4-9(13)6-10(11)12/h4-8,14H,13H2,1-3H3. The van der Waals surface area contributed by atoms with E-state index < -0.39 is 0 Å². The molecule has 1 aromatic heterocycles. The fraction of sp³-hybridized carbons (Fsp3) is 0.333. The van der Waals surface area contributed by atoms with Crippen molar-refractivity contribution in [1.29, 1.82) is 0 Å². The highest BCUT2D eigenvalue weighted by Crippen LogP contribution is 2.27. The van der Waals surface area contributed by atoms with Crippen molar-refractivity contribution in [2.45, 2.75) is 13.0 Å². The van der Waals surface area contributed by atoms with E-state index in [0.717, 1.165) is 11.2 Å². The zero-order valence-corrected chi connectivity index (χ0v) is 9.41. The molecule has 2 rings (SSSR count). The third-order valence-electron chi connectivity index (χ3n) is 2.96. The monoisotopic (exact) mass is 203 g/mol. The van der Waals surface area contributed by atoms with Crippen LogP contribution in [-0.4, -0.2) is 24.0 Å². The van der Waals surface area contributed by atoms with E-state index in [-0.39, 0.29) is 0 Å². The van der Waals surface area contributed by atoms with Crippen LogP contribution in [0, 0.1) is 0 Å². The zero-order valence-electron chi connectivity index (χ0n) is 9.41. The van der Waals surface area contributed by atoms with Crippen molar-refractivity contribution in [2.24, 2.45) is 0 Å². The van der Waals surface area contributed by atoms with E-state index >= 15 is 0 Å². The van der Waals surface area contributed by atoms with Gasteiger partial charge >= 0.3 is 0 Å². The lowest BCUT2D eigenvalue weighted by molar-refractivity contribution is 0.323. The summed E-state index contributed by atoms with van der Waals surface area (Å²) in [6, 6.07) is 6.36. The first-order chi connectivity index (χ1) is 7.09. The second-order valence-corrected chi connectivity index (χ2v) is 4.19. The van der Waals surface area contributed by atoms with Gasteiger partial charge in [0, 0.05) is 28.8 Å². The maximum atomic E-state index is 5.80. The van der Waals surface area contributed by atoms with Gasteiger partial charge in [0.25, 0.3) is 0 Å². The average Bonchev–Trinajstić information content (AvgIpc) is 2.59. The second kappa shape index (κ2) is 3.59. The normalized spacial score (nSPS) is 13.6. The van der Waals surface area contributed by atoms with E-state index in [9.17, 15) is 0 Å². The summed E-state index contributed by atoms with van der Waals surface area (Å²) in [4.78, 5) is 5.46. The molecule has 0 aliphatic carbocycles. The molecule has 0 spiro atoms. The summed E-state index contributed by atoms with van der Waals surface area (Å²) < 4.78 is 0. The topological polar surface area (TPSA) is 45.1 Å². The van der Waals surface area contributed by atoms with Crippen molar-refractivity contribution in [3.8, 4) is 0 Å². The molecule has 3 N–H and O–H groups in total. The SMILES string of the molecule is CC(c1c[nH]c2ccc(N)cc12)N(C)C. The minimum absolute atomic E-state index is 0.389. The molecule has 80 valence electrons. The van der Waals surface area contributed by atoms with Gasteiger partial charge in [0.2, 0.25) is 0 Å². The number of hydrogen-bond donors (Lipinski definition) is 2. The van der Waals surface area contributed by atoms with Gasteiger partial charge in [0.05, 0.1) is 0 Å². The minimum Gasteiger partial charge on any atom is -0.399 e. The Kier molecular flexibility index (Phi) is 2.40. The van der Waals surface area contributed by atoms with Crippen LogP contribution in [0.2, 0.25) is 0 Å². The zero-order chi connectivity index (χ0) is 11.0. The van der Waals surface area contributed by atoms with Crippen LogP contribution in [0.4, 0.5) is 5.69 Å². The van der Waals surface area contributed by atoms with Gasteiger partial charge in [-0.3, -0.25) is 0 Å². The minimum atomic E-state index is 0.389. The van der Waals surface area contributed by atoms with Crippen molar-refractivity contribution in [3.05, 3.63) is 30.0 Å². The molecule has 0 radical (unpaired) electrons. The number of hydrogen-bond acceptors (Lipinski definition) is 2. The Morgan fingerprint density at radius 2 is 2.07 bits per heavy atom. The number of fused-ring (bicyclic) bond motifs is 1. The average molecular weight is 203 g/mol. The van der Waals surface area contributed by atoms with Crippen LogP contribution in [0.5, 0.6) is 0 Å². The molecule has 0 saturated heterocycles. The van der Waals surface area contributed by atoms with Crippen molar-refractivity contribution < 1.29 is 0 Å². The van der Waals surface area contributed by atoms with E-state index in [2.05, 4.69) is 37.1 Å². The third-order valence-corrected chi connectivity index (χ3v) is 2.96. The Morgan fingerprint density at radius 3 is 2.73 bits per heavy atom. The van der Waals surface area contributed by atoms with Gasteiger partial charge in [-0.25, -0.2) is 0 Å². The van der Waals surface area contributed by atoms with Gasteiger partial charge < -0.3 is 15.6 Å². The lowest BCUT2D eigenvalue weighted by Crippen LogP contribution is -2.16. The van der Waals surface area contributed by atoms with E-state index in [4.69, 9.17) is 5.73 Å². The molecule has 3 heteroatoms. The predicted molar refractivity (Wildman–Crippen MR) is 64.8 cm³/mol. The Morgan fingerprint density at radius 1 is 1.33 bits per heavy atom. The number of H-pyrrole nitrogens is 1. The number of rotatable bonds is 2. The molecule has 0 saturated carbocycles. The number of aromatic amines is 1. The summed E-state index contributed by atoms with van der Waals surface area (Å²) in [5.74, 6) is 0. The Labute approximate surface area is 89.9 Å². The summed E-state index contributed by atoms with van der Waals surface area (Å²) in [7, 11) is 4.16. The van der Waals surface area contributed by atoms with Crippen LogP contribution < -0.4 is 5.73 Å². The first-order valence-corrected chi connectivity index (χ1v) is 5.12. The number of aromatic nitrogens is 1. The molecule has 2 aromatic rings. The van der Waals surface area contributed by atoms with Crippen LogP contribution >= 0.6 is 0 Å². The van der Waals surface area contributed by atoms with Crippen molar-refractivity contribution in [1.82, 2.24) is 9.88 Å². The number of nitrogen functional groups attached to an aromatic ring is 1. The molecular weight excluding hydrogens is 186 g/mol. The number of nitrogens with zero attached hydrogens (tertiary/aromatic N) is 1. The van der Waals surface area contributed by atoms with E-state index in [1.54, 1.807) is 0 Å². The third kappa shape index (κ3) is 1.70. The molecule has 1 heterocycles. The first kappa shape index (κ1) is 10.1. The van der Waals surface area contributed by atoms with Crippen molar-refractivity contribution in [3.63, 3.8) is 0 Å². The van der Waals surface area contributed by atoms with Gasteiger partial charge in [-0.15, -0.1) is 0 Å². The van der Waals surface area contributed by atoms with Crippen LogP contribution in [0.3, 0.4) is 0 Å². The summed E-state index contributed by atoms with van der Waals surface area (Å²) in [5.41, 5.74) is 9.05. The smallest absolute Gasteiger partial charge is 0.0458 e. The molecule has 0 bridgehead atoms. The van der Waals surface area contributed by atoms with E-state index in [1.165, 1.54) is 10.9 Å².